The normalized spacial score (nSPS) is 16.1. The average Bonchev–Trinajstić information content (AvgIpc) is 3.43. The van der Waals surface area contributed by atoms with Gasteiger partial charge in [0.25, 0.3) is 5.91 Å². The highest BCUT2D eigenvalue weighted by atomic mass is 19.4. The Hall–Kier alpha value is -3.50. The SMILES string of the molecule is O=C(c1nn(-c2ccc(F)c(F)c2)c2c1CCC2)N1CCN(c2ccc(C(F)(F)F)cn2)CC1. The van der Waals surface area contributed by atoms with Crippen molar-refractivity contribution in [2.45, 2.75) is 25.4 Å². The number of hydrogen-bond acceptors (Lipinski definition) is 4. The molecule has 0 unspecified atom stereocenters. The number of aromatic nitrogens is 3. The van der Waals surface area contributed by atoms with Crippen molar-refractivity contribution < 1.29 is 26.7 Å². The zero-order chi connectivity index (χ0) is 24.0. The Morgan fingerprint density at radius 1 is 0.941 bits per heavy atom. The topological polar surface area (TPSA) is 54.3 Å². The summed E-state index contributed by atoms with van der Waals surface area (Å²) in [5.41, 5.74) is 1.49. The highest BCUT2D eigenvalue weighted by molar-refractivity contribution is 5.94. The maximum Gasteiger partial charge on any atom is 0.417 e. The van der Waals surface area contributed by atoms with E-state index in [-0.39, 0.29) is 5.91 Å². The van der Waals surface area contributed by atoms with Crippen LogP contribution in [0.15, 0.2) is 36.5 Å². The molecule has 1 aromatic carbocycles. The lowest BCUT2D eigenvalue weighted by atomic mass is 10.1. The third-order valence-electron chi connectivity index (χ3n) is 6.25. The second-order valence-electron chi connectivity index (χ2n) is 8.32. The molecule has 5 rings (SSSR count). The van der Waals surface area contributed by atoms with Gasteiger partial charge in [0.1, 0.15) is 5.82 Å². The lowest BCUT2D eigenvalue weighted by molar-refractivity contribution is -0.137. The molecular formula is C23H20F5N5O. The number of carbonyl (C=O) groups is 1. The molecule has 0 radical (unpaired) electrons. The molecule has 1 fully saturated rings. The molecule has 1 aliphatic carbocycles. The molecule has 1 saturated heterocycles. The fourth-order valence-electron chi connectivity index (χ4n) is 4.47. The quantitative estimate of drug-likeness (QED) is 0.535. The second kappa shape index (κ2) is 8.37. The van der Waals surface area contributed by atoms with Crippen LogP contribution >= 0.6 is 0 Å². The minimum absolute atomic E-state index is 0.250. The van der Waals surface area contributed by atoms with Gasteiger partial charge in [0.2, 0.25) is 0 Å². The number of anilines is 1. The Balaban J connectivity index is 1.32. The summed E-state index contributed by atoms with van der Waals surface area (Å²) in [6, 6.07) is 5.84. The van der Waals surface area contributed by atoms with Gasteiger partial charge in [-0.15, -0.1) is 0 Å². The maximum absolute atomic E-state index is 13.8. The standard InChI is InChI=1S/C23H20F5N5O/c24-17-6-5-15(12-18(17)25)33-19-3-1-2-16(19)21(30-33)22(34)32-10-8-31(9-11-32)20-7-4-14(13-29-20)23(26,27)28/h4-7,12-13H,1-3,8-11H2. The molecule has 2 aliphatic rings. The number of alkyl halides is 3. The third kappa shape index (κ3) is 3.99. The predicted molar refractivity (Wildman–Crippen MR) is 113 cm³/mol. The Bertz CT molecular complexity index is 1230. The van der Waals surface area contributed by atoms with E-state index in [1.54, 1.807) is 4.90 Å². The van der Waals surface area contributed by atoms with E-state index < -0.39 is 23.4 Å². The van der Waals surface area contributed by atoms with Crippen molar-refractivity contribution in [3.05, 3.63) is 70.7 Å². The van der Waals surface area contributed by atoms with E-state index in [2.05, 4.69) is 10.1 Å². The van der Waals surface area contributed by atoms with Gasteiger partial charge in [0.05, 0.1) is 11.3 Å². The van der Waals surface area contributed by atoms with Crippen LogP contribution in [-0.2, 0) is 19.0 Å². The molecule has 3 heterocycles. The summed E-state index contributed by atoms with van der Waals surface area (Å²) in [6.45, 7) is 1.54. The van der Waals surface area contributed by atoms with Gasteiger partial charge in [-0.2, -0.15) is 18.3 Å². The van der Waals surface area contributed by atoms with E-state index in [9.17, 15) is 26.7 Å². The highest BCUT2D eigenvalue weighted by Crippen LogP contribution is 2.31. The van der Waals surface area contributed by atoms with Crippen LogP contribution in [0.3, 0.4) is 0 Å². The van der Waals surface area contributed by atoms with Crippen LogP contribution in [0.4, 0.5) is 27.8 Å². The fourth-order valence-corrected chi connectivity index (χ4v) is 4.47. The first-order chi connectivity index (χ1) is 16.2. The summed E-state index contributed by atoms with van der Waals surface area (Å²) in [5.74, 6) is -1.77. The number of halogens is 5. The molecule has 0 bridgehead atoms. The van der Waals surface area contributed by atoms with Gasteiger partial charge >= 0.3 is 6.18 Å². The molecule has 0 N–H and O–H groups in total. The number of carbonyl (C=O) groups excluding carboxylic acids is 1. The Morgan fingerprint density at radius 2 is 1.71 bits per heavy atom. The van der Waals surface area contributed by atoms with Crippen LogP contribution in [0, 0.1) is 11.6 Å². The molecule has 178 valence electrons. The van der Waals surface area contributed by atoms with Gasteiger partial charge < -0.3 is 9.80 Å². The number of rotatable bonds is 3. The van der Waals surface area contributed by atoms with Gasteiger partial charge in [-0.3, -0.25) is 4.79 Å². The fraction of sp³-hybridized carbons (Fsp3) is 0.348. The molecule has 34 heavy (non-hydrogen) atoms. The number of hydrogen-bond donors (Lipinski definition) is 0. The Morgan fingerprint density at radius 3 is 2.35 bits per heavy atom. The zero-order valence-electron chi connectivity index (χ0n) is 17.9. The molecule has 0 spiro atoms. The van der Waals surface area contributed by atoms with Crippen molar-refractivity contribution in [2.24, 2.45) is 0 Å². The molecule has 2 aromatic heterocycles. The zero-order valence-corrected chi connectivity index (χ0v) is 17.9. The van der Waals surface area contributed by atoms with E-state index >= 15 is 0 Å². The van der Waals surface area contributed by atoms with E-state index in [0.29, 0.717) is 56.2 Å². The van der Waals surface area contributed by atoms with Crippen molar-refractivity contribution >= 4 is 11.7 Å². The predicted octanol–water partition coefficient (Wildman–Crippen LogP) is 4.02. The summed E-state index contributed by atoms with van der Waals surface area (Å²) in [6.07, 6.45) is -1.44. The van der Waals surface area contributed by atoms with Crippen LogP contribution in [-0.4, -0.2) is 51.8 Å². The van der Waals surface area contributed by atoms with Crippen LogP contribution in [0.25, 0.3) is 5.69 Å². The second-order valence-corrected chi connectivity index (χ2v) is 8.32. The molecular weight excluding hydrogens is 457 g/mol. The molecule has 1 aliphatic heterocycles. The van der Waals surface area contributed by atoms with Crippen molar-refractivity contribution in [1.29, 1.82) is 0 Å². The number of piperazine rings is 1. The van der Waals surface area contributed by atoms with Crippen LogP contribution in [0.1, 0.15) is 33.7 Å². The lowest BCUT2D eigenvalue weighted by Crippen LogP contribution is -2.49. The van der Waals surface area contributed by atoms with Crippen molar-refractivity contribution in [2.75, 3.05) is 31.1 Å². The van der Waals surface area contributed by atoms with Gasteiger partial charge in [-0.1, -0.05) is 0 Å². The van der Waals surface area contributed by atoms with E-state index in [1.165, 1.54) is 16.8 Å². The van der Waals surface area contributed by atoms with Crippen molar-refractivity contribution in [3.63, 3.8) is 0 Å². The first-order valence-electron chi connectivity index (χ1n) is 10.9. The molecule has 6 nitrogen and oxygen atoms in total. The Labute approximate surface area is 191 Å². The van der Waals surface area contributed by atoms with E-state index in [1.807, 2.05) is 4.90 Å². The largest absolute Gasteiger partial charge is 0.417 e. The maximum atomic E-state index is 13.8. The number of amides is 1. The molecule has 3 aromatic rings. The third-order valence-corrected chi connectivity index (χ3v) is 6.25. The van der Waals surface area contributed by atoms with Gasteiger partial charge in [0.15, 0.2) is 17.3 Å². The number of pyridine rings is 1. The van der Waals surface area contributed by atoms with Crippen molar-refractivity contribution in [3.8, 4) is 5.69 Å². The van der Waals surface area contributed by atoms with Crippen molar-refractivity contribution in [1.82, 2.24) is 19.7 Å². The summed E-state index contributed by atoms with van der Waals surface area (Å²) in [5, 5.41) is 4.46. The molecule has 0 atom stereocenters. The highest BCUT2D eigenvalue weighted by Gasteiger charge is 2.33. The summed E-state index contributed by atoms with van der Waals surface area (Å²) < 4.78 is 66.9. The first kappa shape index (κ1) is 22.3. The Kier molecular flexibility index (Phi) is 5.49. The average molecular weight is 477 g/mol. The summed E-state index contributed by atoms with van der Waals surface area (Å²) in [4.78, 5) is 20.7. The molecule has 11 heteroatoms. The summed E-state index contributed by atoms with van der Waals surface area (Å²) in [7, 11) is 0. The van der Waals surface area contributed by atoms with Gasteiger partial charge in [0, 0.05) is 49.7 Å². The van der Waals surface area contributed by atoms with Gasteiger partial charge in [-0.05, 0) is 43.5 Å². The van der Waals surface area contributed by atoms with Crippen LogP contribution < -0.4 is 4.90 Å². The van der Waals surface area contributed by atoms with E-state index in [0.717, 1.165) is 42.1 Å². The van der Waals surface area contributed by atoms with Crippen LogP contribution in [0.2, 0.25) is 0 Å². The van der Waals surface area contributed by atoms with Gasteiger partial charge in [-0.25, -0.2) is 18.4 Å². The van der Waals surface area contributed by atoms with Crippen LogP contribution in [0.5, 0.6) is 0 Å². The number of nitrogens with zero attached hydrogens (tertiary/aromatic N) is 5. The lowest BCUT2D eigenvalue weighted by Gasteiger charge is -2.35. The number of fused-ring (bicyclic) bond motifs is 1. The number of benzene rings is 1. The monoisotopic (exact) mass is 477 g/mol. The van der Waals surface area contributed by atoms with E-state index in [4.69, 9.17) is 0 Å². The first-order valence-corrected chi connectivity index (χ1v) is 10.9. The minimum atomic E-state index is -4.44. The smallest absolute Gasteiger partial charge is 0.353 e. The summed E-state index contributed by atoms with van der Waals surface area (Å²) >= 11 is 0. The minimum Gasteiger partial charge on any atom is -0.353 e. The molecule has 1 amide bonds. The molecule has 0 saturated carbocycles.